The molecule has 0 unspecified atom stereocenters. The van der Waals surface area contributed by atoms with E-state index in [1.54, 1.807) is 50.8 Å². The Morgan fingerprint density at radius 3 is 1.25 bits per heavy atom. The van der Waals surface area contributed by atoms with Crippen LogP contribution in [-0.2, 0) is 42.8 Å². The molecule has 4 atom stereocenters. The van der Waals surface area contributed by atoms with Gasteiger partial charge in [0.2, 0.25) is 0 Å². The molecule has 0 saturated carbocycles. The Balaban J connectivity index is 0.000000464. The molecule has 4 amide bonds. The lowest BCUT2D eigenvalue weighted by Crippen LogP contribution is -2.41. The lowest BCUT2D eigenvalue weighted by atomic mass is 10.2. The van der Waals surface area contributed by atoms with E-state index < -0.39 is 32.5 Å². The van der Waals surface area contributed by atoms with Crippen molar-refractivity contribution in [2.75, 3.05) is 58.9 Å². The van der Waals surface area contributed by atoms with Gasteiger partial charge in [-0.25, -0.2) is 24.0 Å². The van der Waals surface area contributed by atoms with Crippen LogP contribution >= 0.6 is 0 Å². The third-order valence-electron chi connectivity index (χ3n) is 9.94. The highest BCUT2D eigenvalue weighted by Gasteiger charge is 2.34. The van der Waals surface area contributed by atoms with Crippen molar-refractivity contribution in [2.45, 2.75) is 188 Å². The van der Waals surface area contributed by atoms with Crippen molar-refractivity contribution in [3.05, 3.63) is 36.5 Å². The molecular weight excluding hydrogens is 917 g/mol. The summed E-state index contributed by atoms with van der Waals surface area (Å²) in [7, 11) is -3.43. The van der Waals surface area contributed by atoms with Crippen LogP contribution in [0.15, 0.2) is 36.5 Å². The maximum atomic E-state index is 12.0. The highest BCUT2D eigenvalue weighted by atomic mass is 32.2. The number of hydrogen-bond donors (Lipinski definition) is 2. The monoisotopic (exact) mass is 1000 g/mol. The van der Waals surface area contributed by atoms with Gasteiger partial charge in [0.05, 0.1) is 56.9 Å². The van der Waals surface area contributed by atoms with Gasteiger partial charge < -0.3 is 53.5 Å². The summed E-state index contributed by atoms with van der Waals surface area (Å²) >= 11 is 0. The number of likely N-dealkylation sites (tertiary alicyclic amines) is 4. The molecular formula is C49H86N4O15S. The number of amides is 4. The van der Waals surface area contributed by atoms with Gasteiger partial charge in [0.15, 0.2) is 0 Å². The van der Waals surface area contributed by atoms with Crippen LogP contribution in [0.2, 0.25) is 0 Å². The number of esters is 1. The van der Waals surface area contributed by atoms with Gasteiger partial charge in [-0.3, -0.25) is 4.18 Å². The summed E-state index contributed by atoms with van der Waals surface area (Å²) in [5.41, 5.74) is -1.94. The lowest BCUT2D eigenvalue weighted by Gasteiger charge is -2.27. The van der Waals surface area contributed by atoms with Crippen molar-refractivity contribution in [2.24, 2.45) is 0 Å². The summed E-state index contributed by atoms with van der Waals surface area (Å²) in [5.74, 6) is -0.376. The largest absolute Gasteiger partial charge is 0.463 e. The van der Waals surface area contributed by atoms with Gasteiger partial charge in [0, 0.05) is 32.3 Å². The first-order valence-corrected chi connectivity index (χ1v) is 25.8. The van der Waals surface area contributed by atoms with Crippen molar-refractivity contribution in [1.29, 1.82) is 0 Å². The molecule has 4 aliphatic rings. The number of hydrogen-bond acceptors (Lipinski definition) is 15. The number of ether oxygens (including phenoxy) is 5. The van der Waals surface area contributed by atoms with Crippen molar-refractivity contribution >= 4 is 40.5 Å². The molecule has 4 aliphatic heterocycles. The fraction of sp³-hybridized carbons (Fsp3) is 0.776. The third-order valence-corrected chi connectivity index (χ3v) is 10.5. The summed E-state index contributed by atoms with van der Waals surface area (Å²) in [6, 6.07) is -0.126. The van der Waals surface area contributed by atoms with E-state index in [-0.39, 0.29) is 74.3 Å². The molecule has 69 heavy (non-hydrogen) atoms. The van der Waals surface area contributed by atoms with E-state index in [0.717, 1.165) is 64.2 Å². The van der Waals surface area contributed by atoms with Crippen LogP contribution in [0.3, 0.4) is 0 Å². The van der Waals surface area contributed by atoms with E-state index in [4.69, 9.17) is 33.9 Å². The van der Waals surface area contributed by atoms with Crippen LogP contribution in [0.25, 0.3) is 0 Å². The SMILES string of the molecule is CC(C)(C)OC(=O)N1CCC[C@H]1/C=C/CO.CC(C)(C)OC(=O)N1CCC[C@H]1/C=C/COS(C)(=O)=O.CC(C)(C)OC(=O)N1CCC[C@H]1CO.CCOC(=O)/C=C/[C@@H]1CCCN1C(=O)OC(C)(C)C. The van der Waals surface area contributed by atoms with Crippen LogP contribution in [0, 0.1) is 0 Å². The Morgan fingerprint density at radius 1 is 0.551 bits per heavy atom. The average molecular weight is 1000 g/mol. The Bertz CT molecular complexity index is 1810. The maximum Gasteiger partial charge on any atom is 0.410 e. The van der Waals surface area contributed by atoms with E-state index in [1.807, 2.05) is 89.2 Å². The molecule has 0 radical (unpaired) electrons. The predicted octanol–water partition coefficient (Wildman–Crippen LogP) is 7.74. The number of carbonyl (C=O) groups excluding carboxylic acids is 5. The first-order valence-electron chi connectivity index (χ1n) is 24.0. The zero-order valence-corrected chi connectivity index (χ0v) is 44.8. The molecule has 0 aliphatic carbocycles. The third kappa shape index (κ3) is 27.5. The minimum Gasteiger partial charge on any atom is -0.463 e. The van der Waals surface area contributed by atoms with Gasteiger partial charge >= 0.3 is 30.3 Å². The zero-order chi connectivity index (χ0) is 52.8. The number of aliphatic hydroxyl groups is 2. The quantitative estimate of drug-likeness (QED) is 0.0701. The Morgan fingerprint density at radius 2 is 0.899 bits per heavy atom. The van der Waals surface area contributed by atoms with Crippen molar-refractivity contribution in [3.63, 3.8) is 0 Å². The topological polar surface area (TPSA) is 228 Å². The molecule has 4 saturated heterocycles. The van der Waals surface area contributed by atoms with E-state index >= 15 is 0 Å². The standard InChI is InChI=1S/C14H23NO4.C13H23NO5S.C12H21NO3.C10H19NO3/c1-5-18-12(16)9-8-11-7-6-10-15(11)13(17)19-14(2,3)4;1-13(2,3)19-12(15)14-9-5-7-11(14)8-6-10-18-20(4,16)17;1-12(2,3)16-11(15)13-8-4-6-10(13)7-5-9-14;1-10(2,3)14-9(13)11-6-4-5-8(11)7-12/h8-9,11H,5-7,10H2,1-4H3;6,8,11H,5,7,9-10H2,1-4H3;5,7,10,14H,4,6,8-9H2,1-3H3;8,12H,4-7H2,1-3H3/b9-8+;8-6+;7-5+;/t2*11-;10-;8-/m0000/s1. The number of nitrogens with zero attached hydrogens (tertiary/aromatic N) is 4. The summed E-state index contributed by atoms with van der Waals surface area (Å²) in [5, 5.41) is 17.8. The second kappa shape index (κ2) is 29.1. The minimum absolute atomic E-state index is 0.0126. The molecule has 0 aromatic rings. The smallest absolute Gasteiger partial charge is 0.410 e. The molecule has 0 aromatic carbocycles. The van der Waals surface area contributed by atoms with E-state index in [2.05, 4.69) is 4.18 Å². The first kappa shape index (κ1) is 62.6. The predicted molar refractivity (Wildman–Crippen MR) is 263 cm³/mol. The van der Waals surface area contributed by atoms with Crippen molar-refractivity contribution in [1.82, 2.24) is 19.6 Å². The molecule has 20 heteroatoms. The summed E-state index contributed by atoms with van der Waals surface area (Å²) in [6.07, 6.45) is 17.1. The molecule has 19 nitrogen and oxygen atoms in total. The first-order chi connectivity index (χ1) is 31.8. The van der Waals surface area contributed by atoms with Crippen LogP contribution in [0.1, 0.15) is 141 Å². The maximum absolute atomic E-state index is 12.0. The number of rotatable bonds is 10. The molecule has 4 fully saturated rings. The molecule has 0 bridgehead atoms. The van der Waals surface area contributed by atoms with Crippen LogP contribution < -0.4 is 0 Å². The van der Waals surface area contributed by atoms with Crippen LogP contribution in [-0.4, -0.2) is 174 Å². The van der Waals surface area contributed by atoms with Gasteiger partial charge in [0.1, 0.15) is 22.4 Å². The van der Waals surface area contributed by atoms with Gasteiger partial charge in [-0.1, -0.05) is 30.4 Å². The minimum atomic E-state index is -3.43. The van der Waals surface area contributed by atoms with Gasteiger partial charge in [-0.15, -0.1) is 0 Å². The normalized spacial score (nSPS) is 21.0. The van der Waals surface area contributed by atoms with E-state index in [9.17, 15) is 32.4 Å². The Hall–Kier alpha value is -4.40. The van der Waals surface area contributed by atoms with Gasteiger partial charge in [-0.05, 0) is 141 Å². The van der Waals surface area contributed by atoms with Gasteiger partial charge in [-0.2, -0.15) is 8.42 Å². The van der Waals surface area contributed by atoms with Crippen LogP contribution in [0.5, 0.6) is 0 Å². The molecule has 4 rings (SSSR count). The number of aliphatic hydroxyl groups excluding tert-OH is 2. The van der Waals surface area contributed by atoms with Crippen molar-refractivity contribution < 1.29 is 70.5 Å². The zero-order valence-electron chi connectivity index (χ0n) is 44.0. The highest BCUT2D eigenvalue weighted by Crippen LogP contribution is 2.25. The molecule has 0 spiro atoms. The Labute approximate surface area is 412 Å². The molecule has 2 N–H and O–H groups in total. The van der Waals surface area contributed by atoms with Crippen LogP contribution in [0.4, 0.5) is 19.2 Å². The lowest BCUT2D eigenvalue weighted by molar-refractivity contribution is -0.137. The summed E-state index contributed by atoms with van der Waals surface area (Å²) in [6.45, 7) is 27.0. The van der Waals surface area contributed by atoms with E-state index in [0.29, 0.717) is 26.2 Å². The summed E-state index contributed by atoms with van der Waals surface area (Å²) in [4.78, 5) is 65.4. The Kier molecular flexibility index (Phi) is 26.4. The van der Waals surface area contributed by atoms with Gasteiger partial charge in [0.25, 0.3) is 10.1 Å². The van der Waals surface area contributed by atoms with E-state index in [1.165, 1.54) is 6.08 Å². The number of carbonyl (C=O) groups is 5. The van der Waals surface area contributed by atoms with Crippen molar-refractivity contribution in [3.8, 4) is 0 Å². The average Bonchev–Trinajstić information content (AvgIpc) is 4.03. The highest BCUT2D eigenvalue weighted by molar-refractivity contribution is 7.86. The molecule has 0 aromatic heterocycles. The second-order valence-electron chi connectivity index (χ2n) is 20.9. The molecule has 4 heterocycles. The fourth-order valence-electron chi connectivity index (χ4n) is 7.18. The molecule has 398 valence electrons. The summed E-state index contributed by atoms with van der Waals surface area (Å²) < 4.78 is 52.3. The fourth-order valence-corrected chi connectivity index (χ4v) is 7.51. The second-order valence-corrected chi connectivity index (χ2v) is 22.6.